The molecule has 1 aliphatic rings. The highest BCUT2D eigenvalue weighted by molar-refractivity contribution is 7.99. The summed E-state index contributed by atoms with van der Waals surface area (Å²) in [4.78, 5) is 16.5. The topological polar surface area (TPSA) is 75.0 Å². The molecule has 23 heavy (non-hydrogen) atoms. The Morgan fingerprint density at radius 3 is 2.87 bits per heavy atom. The molecule has 1 atom stereocenters. The van der Waals surface area contributed by atoms with Crippen molar-refractivity contribution in [1.82, 2.24) is 4.98 Å². The lowest BCUT2D eigenvalue weighted by atomic mass is 10.2. The quantitative estimate of drug-likeness (QED) is 0.935. The first-order chi connectivity index (χ1) is 11.2. The molecule has 2 aromatic rings. The summed E-state index contributed by atoms with van der Waals surface area (Å²) in [5.41, 5.74) is 1.68. The van der Waals surface area contributed by atoms with Gasteiger partial charge in [-0.2, -0.15) is 17.0 Å². The SMILES string of the molecule is N#Cc1ccc(NC(=O)c2ccnc(OC3CCSC3)c2)cc1. The summed E-state index contributed by atoms with van der Waals surface area (Å²) in [5.74, 6) is 2.31. The van der Waals surface area contributed by atoms with Crippen molar-refractivity contribution in [2.75, 3.05) is 16.8 Å². The van der Waals surface area contributed by atoms with Crippen LogP contribution in [0.4, 0.5) is 5.69 Å². The van der Waals surface area contributed by atoms with E-state index in [4.69, 9.17) is 10.00 Å². The molecular weight excluding hydrogens is 310 g/mol. The Kier molecular flexibility index (Phi) is 4.79. The summed E-state index contributed by atoms with van der Waals surface area (Å²) in [6, 6.07) is 12.1. The Labute approximate surface area is 138 Å². The normalized spacial score (nSPS) is 16.6. The standard InChI is InChI=1S/C17H15N3O2S/c18-10-12-1-3-14(4-2-12)20-17(21)13-5-7-19-16(9-13)22-15-6-8-23-11-15/h1-5,7,9,15H,6,8,11H2,(H,20,21). The Hall–Kier alpha value is -2.52. The predicted octanol–water partition coefficient (Wildman–Crippen LogP) is 3.09. The number of carbonyl (C=O) groups is 1. The second-order valence-corrected chi connectivity index (χ2v) is 6.28. The van der Waals surface area contributed by atoms with E-state index in [2.05, 4.69) is 10.3 Å². The molecule has 3 rings (SSSR count). The van der Waals surface area contributed by atoms with Crippen LogP contribution in [0.1, 0.15) is 22.3 Å². The van der Waals surface area contributed by atoms with Crippen LogP contribution in [-0.4, -0.2) is 28.5 Å². The fourth-order valence-corrected chi connectivity index (χ4v) is 3.32. The monoisotopic (exact) mass is 325 g/mol. The number of hydrogen-bond donors (Lipinski definition) is 1. The second kappa shape index (κ2) is 7.16. The molecule has 116 valence electrons. The molecule has 1 aliphatic heterocycles. The first-order valence-electron chi connectivity index (χ1n) is 7.26. The van der Waals surface area contributed by atoms with E-state index in [1.165, 1.54) is 0 Å². The third-order valence-electron chi connectivity index (χ3n) is 3.44. The lowest BCUT2D eigenvalue weighted by molar-refractivity contribution is 0.102. The molecule has 1 N–H and O–H groups in total. The molecule has 0 spiro atoms. The molecule has 0 radical (unpaired) electrons. The van der Waals surface area contributed by atoms with E-state index in [9.17, 15) is 4.79 Å². The van der Waals surface area contributed by atoms with Gasteiger partial charge in [-0.3, -0.25) is 4.79 Å². The predicted molar refractivity (Wildman–Crippen MR) is 89.7 cm³/mol. The summed E-state index contributed by atoms with van der Waals surface area (Å²) < 4.78 is 5.80. The number of aromatic nitrogens is 1. The molecule has 1 aromatic heterocycles. The lowest BCUT2D eigenvalue weighted by Gasteiger charge is -2.12. The van der Waals surface area contributed by atoms with Crippen LogP contribution in [-0.2, 0) is 0 Å². The zero-order valence-electron chi connectivity index (χ0n) is 12.4. The third kappa shape index (κ3) is 4.02. The van der Waals surface area contributed by atoms with Gasteiger partial charge in [-0.25, -0.2) is 4.98 Å². The summed E-state index contributed by atoms with van der Waals surface area (Å²) in [6.07, 6.45) is 2.75. The molecule has 1 aromatic carbocycles. The highest BCUT2D eigenvalue weighted by Gasteiger charge is 2.18. The van der Waals surface area contributed by atoms with Gasteiger partial charge in [-0.1, -0.05) is 0 Å². The molecule has 0 aliphatic carbocycles. The number of amides is 1. The first-order valence-corrected chi connectivity index (χ1v) is 8.42. The first kappa shape index (κ1) is 15.4. The number of nitriles is 1. The average Bonchev–Trinajstić information content (AvgIpc) is 3.09. The Balaban J connectivity index is 1.67. The van der Waals surface area contributed by atoms with Gasteiger partial charge in [-0.15, -0.1) is 0 Å². The fraction of sp³-hybridized carbons (Fsp3) is 0.235. The van der Waals surface area contributed by atoms with Crippen molar-refractivity contribution in [3.05, 3.63) is 53.7 Å². The van der Waals surface area contributed by atoms with E-state index in [-0.39, 0.29) is 12.0 Å². The van der Waals surface area contributed by atoms with Gasteiger partial charge in [0, 0.05) is 29.3 Å². The van der Waals surface area contributed by atoms with Gasteiger partial charge in [0.05, 0.1) is 11.6 Å². The van der Waals surface area contributed by atoms with Crippen molar-refractivity contribution < 1.29 is 9.53 Å². The Morgan fingerprint density at radius 1 is 1.35 bits per heavy atom. The summed E-state index contributed by atoms with van der Waals surface area (Å²) in [7, 11) is 0. The largest absolute Gasteiger partial charge is 0.473 e. The van der Waals surface area contributed by atoms with Crippen LogP contribution in [0.15, 0.2) is 42.6 Å². The zero-order chi connectivity index (χ0) is 16.1. The van der Waals surface area contributed by atoms with Crippen molar-refractivity contribution in [2.24, 2.45) is 0 Å². The minimum Gasteiger partial charge on any atom is -0.473 e. The lowest BCUT2D eigenvalue weighted by Crippen LogP contribution is -2.17. The highest BCUT2D eigenvalue weighted by atomic mass is 32.2. The van der Waals surface area contributed by atoms with Crippen molar-refractivity contribution >= 4 is 23.4 Å². The molecule has 1 fully saturated rings. The minimum absolute atomic E-state index is 0.171. The maximum atomic E-state index is 12.3. The van der Waals surface area contributed by atoms with Crippen molar-refractivity contribution in [3.8, 4) is 11.9 Å². The molecule has 0 bridgehead atoms. The van der Waals surface area contributed by atoms with Crippen LogP contribution in [0.2, 0.25) is 0 Å². The van der Waals surface area contributed by atoms with Crippen molar-refractivity contribution in [2.45, 2.75) is 12.5 Å². The molecule has 6 heteroatoms. The average molecular weight is 325 g/mol. The van der Waals surface area contributed by atoms with Gasteiger partial charge in [0.25, 0.3) is 5.91 Å². The van der Waals surface area contributed by atoms with Gasteiger partial charge in [-0.05, 0) is 42.5 Å². The van der Waals surface area contributed by atoms with Crippen LogP contribution in [0, 0.1) is 11.3 Å². The number of ether oxygens (including phenoxy) is 1. The van der Waals surface area contributed by atoms with Gasteiger partial charge < -0.3 is 10.1 Å². The number of carbonyl (C=O) groups excluding carboxylic acids is 1. The van der Waals surface area contributed by atoms with Crippen LogP contribution in [0.25, 0.3) is 0 Å². The summed E-state index contributed by atoms with van der Waals surface area (Å²) in [6.45, 7) is 0. The zero-order valence-corrected chi connectivity index (χ0v) is 13.2. The van der Waals surface area contributed by atoms with Gasteiger partial charge in [0.1, 0.15) is 6.10 Å². The smallest absolute Gasteiger partial charge is 0.255 e. The number of rotatable bonds is 4. The van der Waals surface area contributed by atoms with E-state index >= 15 is 0 Å². The Morgan fingerprint density at radius 2 is 2.17 bits per heavy atom. The van der Waals surface area contributed by atoms with Gasteiger partial charge in [0.2, 0.25) is 5.88 Å². The fourth-order valence-electron chi connectivity index (χ4n) is 2.22. The van der Waals surface area contributed by atoms with Crippen LogP contribution < -0.4 is 10.1 Å². The number of anilines is 1. The van der Waals surface area contributed by atoms with Crippen LogP contribution in [0.3, 0.4) is 0 Å². The number of hydrogen-bond acceptors (Lipinski definition) is 5. The van der Waals surface area contributed by atoms with E-state index in [1.54, 1.807) is 42.6 Å². The van der Waals surface area contributed by atoms with Crippen molar-refractivity contribution in [1.29, 1.82) is 5.26 Å². The summed E-state index contributed by atoms with van der Waals surface area (Å²) in [5, 5.41) is 11.6. The minimum atomic E-state index is -0.234. The number of benzene rings is 1. The number of pyridine rings is 1. The van der Waals surface area contributed by atoms with E-state index in [0.717, 1.165) is 17.9 Å². The van der Waals surface area contributed by atoms with Crippen molar-refractivity contribution in [3.63, 3.8) is 0 Å². The maximum Gasteiger partial charge on any atom is 0.255 e. The molecule has 0 saturated carbocycles. The molecular formula is C17H15N3O2S. The molecule has 1 saturated heterocycles. The van der Waals surface area contributed by atoms with Crippen LogP contribution in [0.5, 0.6) is 5.88 Å². The molecule has 1 unspecified atom stereocenters. The van der Waals surface area contributed by atoms with E-state index in [1.807, 2.05) is 17.8 Å². The van der Waals surface area contributed by atoms with E-state index in [0.29, 0.717) is 22.7 Å². The Bertz CT molecular complexity index is 734. The van der Waals surface area contributed by atoms with Gasteiger partial charge >= 0.3 is 0 Å². The summed E-state index contributed by atoms with van der Waals surface area (Å²) >= 11 is 1.86. The molecule has 1 amide bonds. The second-order valence-electron chi connectivity index (χ2n) is 5.13. The van der Waals surface area contributed by atoms with Gasteiger partial charge in [0.15, 0.2) is 0 Å². The molecule has 2 heterocycles. The van der Waals surface area contributed by atoms with E-state index < -0.39 is 0 Å². The number of nitrogens with one attached hydrogen (secondary N) is 1. The number of nitrogens with zero attached hydrogens (tertiary/aromatic N) is 2. The van der Waals surface area contributed by atoms with Crippen LogP contribution >= 0.6 is 11.8 Å². The highest BCUT2D eigenvalue weighted by Crippen LogP contribution is 2.22. The number of thioether (sulfide) groups is 1. The maximum absolute atomic E-state index is 12.3. The molecule has 5 nitrogen and oxygen atoms in total. The third-order valence-corrected chi connectivity index (χ3v) is 4.58.